The van der Waals surface area contributed by atoms with Gasteiger partial charge < -0.3 is 15.7 Å². The number of fused-ring (bicyclic) bond motifs is 3. The molecule has 0 saturated heterocycles. The zero-order valence-corrected chi connectivity index (χ0v) is 16.4. The first kappa shape index (κ1) is 17.4. The van der Waals surface area contributed by atoms with E-state index in [9.17, 15) is 9.90 Å². The highest BCUT2D eigenvalue weighted by Gasteiger charge is 2.37. The van der Waals surface area contributed by atoms with Crippen LogP contribution in [0.3, 0.4) is 0 Å². The second kappa shape index (κ2) is 6.31. The molecule has 2 aromatic rings. The summed E-state index contributed by atoms with van der Waals surface area (Å²) in [6.45, 7) is 7.00. The van der Waals surface area contributed by atoms with E-state index in [1.807, 2.05) is 12.1 Å². The largest absolute Gasteiger partial charge is 0.508 e. The van der Waals surface area contributed by atoms with Gasteiger partial charge >= 0.3 is 0 Å². The van der Waals surface area contributed by atoms with Crippen molar-refractivity contribution in [3.8, 4) is 5.75 Å². The van der Waals surface area contributed by atoms with Gasteiger partial charge in [-0.25, -0.2) is 0 Å². The molecule has 1 aromatic heterocycles. The predicted molar refractivity (Wildman–Crippen MR) is 106 cm³/mol. The first-order valence-electron chi connectivity index (χ1n) is 9.40. The van der Waals surface area contributed by atoms with Crippen LogP contribution < -0.4 is 10.6 Å². The summed E-state index contributed by atoms with van der Waals surface area (Å²) in [6.07, 6.45) is 4.16. The van der Waals surface area contributed by atoms with Crippen LogP contribution in [0.5, 0.6) is 5.75 Å². The maximum absolute atomic E-state index is 12.8. The number of hydrogen-bond donors (Lipinski definition) is 3. The molecule has 5 heteroatoms. The summed E-state index contributed by atoms with van der Waals surface area (Å²) in [5.74, 6) is 0.923. The fraction of sp³-hybridized carbons (Fsp3) is 0.476. The molecule has 0 radical (unpaired) electrons. The van der Waals surface area contributed by atoms with E-state index < -0.39 is 0 Å². The summed E-state index contributed by atoms with van der Waals surface area (Å²) in [5, 5.41) is 17.0. The summed E-state index contributed by atoms with van der Waals surface area (Å²) in [5.41, 5.74) is 3.39. The molecule has 2 atom stereocenters. The SMILES string of the molecule is CCC(C)(C)[C@H]1CCc2c(sc3c2C(=O)N[C@H](c2ccc(O)cc2)N3)C1. The van der Waals surface area contributed by atoms with Gasteiger partial charge in [-0.3, -0.25) is 4.79 Å². The Morgan fingerprint density at radius 2 is 1.96 bits per heavy atom. The highest BCUT2D eigenvalue weighted by atomic mass is 32.1. The van der Waals surface area contributed by atoms with E-state index in [-0.39, 0.29) is 17.8 Å². The molecule has 0 fully saturated rings. The number of rotatable bonds is 3. The highest BCUT2D eigenvalue weighted by molar-refractivity contribution is 7.16. The van der Waals surface area contributed by atoms with Gasteiger partial charge in [0.1, 0.15) is 16.9 Å². The minimum Gasteiger partial charge on any atom is -0.508 e. The summed E-state index contributed by atoms with van der Waals surface area (Å²) in [7, 11) is 0. The Labute approximate surface area is 158 Å². The van der Waals surface area contributed by atoms with Gasteiger partial charge in [0.05, 0.1) is 5.56 Å². The number of anilines is 1. The molecule has 2 heterocycles. The predicted octanol–water partition coefficient (Wildman–Crippen LogP) is 4.85. The lowest BCUT2D eigenvalue weighted by Crippen LogP contribution is -2.38. The normalized spacial score (nSPS) is 22.2. The molecule has 4 rings (SSSR count). The summed E-state index contributed by atoms with van der Waals surface area (Å²) < 4.78 is 0. The molecular formula is C21H26N2O2S. The third-order valence-electron chi connectivity index (χ3n) is 6.29. The van der Waals surface area contributed by atoms with Gasteiger partial charge in [-0.15, -0.1) is 11.3 Å². The zero-order chi connectivity index (χ0) is 18.5. The Bertz CT molecular complexity index is 838. The molecule has 0 unspecified atom stereocenters. The van der Waals surface area contributed by atoms with Gasteiger partial charge in [0.25, 0.3) is 5.91 Å². The van der Waals surface area contributed by atoms with Crippen molar-refractivity contribution in [2.45, 2.75) is 52.6 Å². The Kier molecular flexibility index (Phi) is 4.22. The number of amides is 1. The number of aromatic hydroxyl groups is 1. The first-order valence-corrected chi connectivity index (χ1v) is 10.2. The van der Waals surface area contributed by atoms with Crippen molar-refractivity contribution in [3.05, 3.63) is 45.8 Å². The van der Waals surface area contributed by atoms with E-state index in [0.29, 0.717) is 11.3 Å². The average molecular weight is 371 g/mol. The van der Waals surface area contributed by atoms with Crippen LogP contribution in [0.15, 0.2) is 24.3 Å². The standard InChI is InChI=1S/C21H26N2O2S/c1-4-21(2,3)13-7-10-15-16(11-13)26-20-17(15)19(25)22-18(23-20)12-5-8-14(24)9-6-12/h5-6,8-9,13,18,23-24H,4,7,10-11H2,1-3H3,(H,22,25)/t13-,18-/m0/s1. The number of benzene rings is 1. The van der Waals surface area contributed by atoms with Gasteiger partial charge in [0.15, 0.2) is 0 Å². The van der Waals surface area contributed by atoms with Crippen molar-refractivity contribution < 1.29 is 9.90 Å². The Morgan fingerprint density at radius 3 is 2.65 bits per heavy atom. The summed E-state index contributed by atoms with van der Waals surface area (Å²) in [6, 6.07) is 6.97. The number of hydrogen-bond acceptors (Lipinski definition) is 4. The van der Waals surface area contributed by atoms with Crippen molar-refractivity contribution >= 4 is 22.2 Å². The van der Waals surface area contributed by atoms with E-state index in [2.05, 4.69) is 31.4 Å². The monoisotopic (exact) mass is 370 g/mol. The third kappa shape index (κ3) is 2.88. The molecule has 3 N–H and O–H groups in total. The fourth-order valence-corrected chi connectivity index (χ4v) is 5.44. The molecule has 138 valence electrons. The fourth-order valence-electron chi connectivity index (χ4n) is 4.09. The number of phenolic OH excluding ortho intramolecular Hbond substituents is 1. The lowest BCUT2D eigenvalue weighted by atomic mass is 9.69. The number of carbonyl (C=O) groups is 1. The van der Waals surface area contributed by atoms with Gasteiger partial charge in [-0.2, -0.15) is 0 Å². The molecule has 1 aromatic carbocycles. The molecule has 0 bridgehead atoms. The number of phenols is 1. The molecule has 0 saturated carbocycles. The first-order chi connectivity index (χ1) is 12.4. The molecule has 2 aliphatic rings. The Morgan fingerprint density at radius 1 is 1.23 bits per heavy atom. The van der Waals surface area contributed by atoms with Crippen LogP contribution in [0.1, 0.15) is 66.1 Å². The van der Waals surface area contributed by atoms with Crippen molar-refractivity contribution in [1.82, 2.24) is 5.32 Å². The van der Waals surface area contributed by atoms with Crippen molar-refractivity contribution in [2.24, 2.45) is 11.3 Å². The smallest absolute Gasteiger partial charge is 0.256 e. The minimum absolute atomic E-state index is 0.0162. The van der Waals surface area contributed by atoms with Gasteiger partial charge in [-0.05, 0) is 53.9 Å². The third-order valence-corrected chi connectivity index (χ3v) is 7.47. The van der Waals surface area contributed by atoms with Gasteiger partial charge in [-0.1, -0.05) is 39.3 Å². The maximum Gasteiger partial charge on any atom is 0.256 e. The molecular weight excluding hydrogens is 344 g/mol. The number of nitrogens with one attached hydrogen (secondary N) is 2. The van der Waals surface area contributed by atoms with Gasteiger partial charge in [0.2, 0.25) is 0 Å². The minimum atomic E-state index is -0.251. The Balaban J connectivity index is 1.63. The van der Waals surface area contributed by atoms with E-state index in [1.54, 1.807) is 23.5 Å². The molecule has 4 nitrogen and oxygen atoms in total. The van der Waals surface area contributed by atoms with E-state index in [4.69, 9.17) is 0 Å². The van der Waals surface area contributed by atoms with Crippen LogP contribution in [-0.4, -0.2) is 11.0 Å². The molecule has 0 spiro atoms. The topological polar surface area (TPSA) is 61.4 Å². The van der Waals surface area contributed by atoms with Crippen molar-refractivity contribution in [3.63, 3.8) is 0 Å². The lowest BCUT2D eigenvalue weighted by Gasteiger charge is -2.36. The van der Waals surface area contributed by atoms with Crippen LogP contribution in [0.25, 0.3) is 0 Å². The van der Waals surface area contributed by atoms with Crippen LogP contribution >= 0.6 is 11.3 Å². The van der Waals surface area contributed by atoms with Crippen molar-refractivity contribution in [2.75, 3.05) is 5.32 Å². The van der Waals surface area contributed by atoms with Crippen LogP contribution in [0, 0.1) is 11.3 Å². The second-order valence-electron chi connectivity index (χ2n) is 8.13. The number of thiophene rings is 1. The molecule has 1 aliphatic heterocycles. The highest BCUT2D eigenvalue weighted by Crippen LogP contribution is 2.46. The summed E-state index contributed by atoms with van der Waals surface area (Å²) in [4.78, 5) is 14.2. The average Bonchev–Trinajstić information content (AvgIpc) is 3.00. The quantitative estimate of drug-likeness (QED) is 0.724. The maximum atomic E-state index is 12.8. The van der Waals surface area contributed by atoms with E-state index >= 15 is 0 Å². The van der Waals surface area contributed by atoms with Crippen LogP contribution in [0.4, 0.5) is 5.00 Å². The van der Waals surface area contributed by atoms with Crippen LogP contribution in [0.2, 0.25) is 0 Å². The summed E-state index contributed by atoms with van der Waals surface area (Å²) >= 11 is 1.75. The van der Waals surface area contributed by atoms with Crippen molar-refractivity contribution in [1.29, 1.82) is 0 Å². The van der Waals surface area contributed by atoms with Crippen LogP contribution in [-0.2, 0) is 12.8 Å². The van der Waals surface area contributed by atoms with E-state index in [0.717, 1.165) is 35.4 Å². The number of carbonyl (C=O) groups excluding carboxylic acids is 1. The molecule has 26 heavy (non-hydrogen) atoms. The van der Waals surface area contributed by atoms with E-state index in [1.165, 1.54) is 16.9 Å². The molecule has 1 amide bonds. The molecule has 1 aliphatic carbocycles. The lowest BCUT2D eigenvalue weighted by molar-refractivity contribution is 0.0934. The second-order valence-corrected chi connectivity index (χ2v) is 9.24. The Hall–Kier alpha value is -2.01. The zero-order valence-electron chi connectivity index (χ0n) is 15.6. The van der Waals surface area contributed by atoms with Gasteiger partial charge in [0, 0.05) is 4.88 Å².